The van der Waals surface area contributed by atoms with E-state index in [1.54, 1.807) is 20.8 Å². The number of alkyl halides is 3. The number of nitrogens with two attached hydrogens (primary N) is 1. The Labute approximate surface area is 132 Å². The molecule has 23 heavy (non-hydrogen) atoms. The molecular weight excluding hydrogens is 311 g/mol. The molecule has 0 saturated carbocycles. The molecule has 4 N–H and O–H groups in total. The Morgan fingerprint density at radius 2 is 1.74 bits per heavy atom. The van der Waals surface area contributed by atoms with Gasteiger partial charge < -0.3 is 16.4 Å². The molecule has 0 heterocycles. The zero-order valence-corrected chi connectivity index (χ0v) is 13.2. The van der Waals surface area contributed by atoms with E-state index in [2.05, 4.69) is 10.6 Å². The molecule has 1 rings (SSSR count). The number of carbonyl (C=O) groups excluding carboxylic acids is 2. The van der Waals surface area contributed by atoms with E-state index in [-0.39, 0.29) is 30.2 Å². The monoisotopic (exact) mass is 331 g/mol. The first-order valence-corrected chi connectivity index (χ1v) is 6.93. The Balaban J connectivity index is 2.80. The highest BCUT2D eigenvalue weighted by Crippen LogP contribution is 2.31. The van der Waals surface area contributed by atoms with E-state index in [0.717, 1.165) is 12.1 Å². The predicted molar refractivity (Wildman–Crippen MR) is 80.4 cm³/mol. The second kappa shape index (κ2) is 6.99. The number of carbonyl (C=O) groups is 2. The first-order chi connectivity index (χ1) is 10.4. The molecule has 0 unspecified atom stereocenters. The molecule has 8 heteroatoms. The van der Waals surface area contributed by atoms with Gasteiger partial charge in [0.25, 0.3) is 0 Å². The molecule has 0 spiro atoms. The average Bonchev–Trinajstić information content (AvgIpc) is 2.42. The minimum Gasteiger partial charge on any atom is -0.347 e. The Bertz CT molecular complexity index is 593. The fourth-order valence-electron chi connectivity index (χ4n) is 1.68. The van der Waals surface area contributed by atoms with Crippen LogP contribution in [0.5, 0.6) is 0 Å². The van der Waals surface area contributed by atoms with Gasteiger partial charge in [-0.3, -0.25) is 9.59 Å². The maximum Gasteiger partial charge on any atom is 0.416 e. The van der Waals surface area contributed by atoms with E-state index in [1.807, 2.05) is 0 Å². The second-order valence-electron chi connectivity index (χ2n) is 6.10. The van der Waals surface area contributed by atoms with Gasteiger partial charge in [-0.05, 0) is 23.8 Å². The van der Waals surface area contributed by atoms with Crippen LogP contribution >= 0.6 is 0 Å². The van der Waals surface area contributed by atoms with Crippen molar-refractivity contribution < 1.29 is 22.8 Å². The lowest BCUT2D eigenvalue weighted by atomic mass is 9.96. The Morgan fingerprint density at radius 1 is 1.13 bits per heavy atom. The normalized spacial score (nSPS) is 12.0. The summed E-state index contributed by atoms with van der Waals surface area (Å²) in [5, 5.41) is 4.74. The van der Waals surface area contributed by atoms with Crippen molar-refractivity contribution in [1.29, 1.82) is 0 Å². The van der Waals surface area contributed by atoms with Crippen molar-refractivity contribution >= 4 is 17.5 Å². The van der Waals surface area contributed by atoms with Crippen LogP contribution in [-0.2, 0) is 22.3 Å². The largest absolute Gasteiger partial charge is 0.416 e. The van der Waals surface area contributed by atoms with Gasteiger partial charge in [-0.15, -0.1) is 0 Å². The van der Waals surface area contributed by atoms with Crippen molar-refractivity contribution in [3.05, 3.63) is 29.3 Å². The Kier molecular flexibility index (Phi) is 5.76. The molecule has 0 atom stereocenters. The van der Waals surface area contributed by atoms with Crippen molar-refractivity contribution in [1.82, 2.24) is 5.32 Å². The van der Waals surface area contributed by atoms with Crippen LogP contribution in [0.25, 0.3) is 0 Å². The smallest absolute Gasteiger partial charge is 0.347 e. The maximum atomic E-state index is 12.8. The summed E-state index contributed by atoms with van der Waals surface area (Å²) < 4.78 is 38.4. The van der Waals surface area contributed by atoms with Crippen LogP contribution in [0.15, 0.2) is 18.2 Å². The molecule has 0 radical (unpaired) electrons. The molecule has 0 aliphatic carbocycles. The fourth-order valence-corrected chi connectivity index (χ4v) is 1.68. The van der Waals surface area contributed by atoms with Crippen molar-refractivity contribution in [3.63, 3.8) is 0 Å². The second-order valence-corrected chi connectivity index (χ2v) is 6.10. The van der Waals surface area contributed by atoms with Crippen molar-refractivity contribution in [3.8, 4) is 0 Å². The molecule has 0 fully saturated rings. The molecule has 1 aromatic rings. The van der Waals surface area contributed by atoms with E-state index >= 15 is 0 Å². The molecule has 1 aromatic carbocycles. The van der Waals surface area contributed by atoms with Gasteiger partial charge in [0, 0.05) is 17.6 Å². The lowest BCUT2D eigenvalue weighted by Crippen LogP contribution is -2.39. The number of amides is 2. The van der Waals surface area contributed by atoms with Crippen molar-refractivity contribution in [2.24, 2.45) is 11.1 Å². The average molecular weight is 331 g/mol. The van der Waals surface area contributed by atoms with Crippen LogP contribution < -0.4 is 16.4 Å². The number of halogens is 3. The Morgan fingerprint density at radius 3 is 2.22 bits per heavy atom. The highest BCUT2D eigenvalue weighted by Gasteiger charge is 2.31. The molecule has 2 amide bonds. The number of rotatable bonds is 4. The van der Waals surface area contributed by atoms with Crippen LogP contribution in [0.3, 0.4) is 0 Å². The first kappa shape index (κ1) is 19.0. The molecule has 0 aliphatic heterocycles. The highest BCUT2D eigenvalue weighted by atomic mass is 19.4. The minimum atomic E-state index is -4.54. The molecule has 5 nitrogen and oxygen atoms in total. The van der Waals surface area contributed by atoms with Gasteiger partial charge in [-0.2, -0.15) is 13.2 Å². The van der Waals surface area contributed by atoms with Crippen LogP contribution in [0, 0.1) is 5.41 Å². The van der Waals surface area contributed by atoms with Crippen LogP contribution in [0.4, 0.5) is 18.9 Å². The predicted octanol–water partition coefficient (Wildman–Crippen LogP) is 2.26. The van der Waals surface area contributed by atoms with Crippen LogP contribution in [-0.4, -0.2) is 18.4 Å². The molecule has 0 bridgehead atoms. The lowest BCUT2D eigenvalue weighted by molar-refractivity contribution is -0.137. The number of nitrogens with one attached hydrogen (secondary N) is 2. The quantitative estimate of drug-likeness (QED) is 0.791. The van der Waals surface area contributed by atoms with E-state index in [0.29, 0.717) is 0 Å². The SMILES string of the molecule is CC(C)(C)C(=O)NCC(=O)Nc1cc(CN)cc(C(F)(F)F)c1. The third-order valence-corrected chi connectivity index (χ3v) is 2.93. The summed E-state index contributed by atoms with van der Waals surface area (Å²) in [7, 11) is 0. The minimum absolute atomic E-state index is 0.0183. The zero-order valence-electron chi connectivity index (χ0n) is 13.2. The summed E-state index contributed by atoms with van der Waals surface area (Å²) in [5.74, 6) is -0.954. The van der Waals surface area contributed by atoms with Gasteiger partial charge in [-0.25, -0.2) is 0 Å². The third kappa shape index (κ3) is 5.90. The number of benzene rings is 1. The van der Waals surface area contributed by atoms with Gasteiger partial charge in [0.2, 0.25) is 11.8 Å². The van der Waals surface area contributed by atoms with Crippen molar-refractivity contribution in [2.45, 2.75) is 33.5 Å². The molecular formula is C15H20F3N3O2. The summed E-state index contributed by atoms with van der Waals surface area (Å²) in [6.07, 6.45) is -4.54. The fraction of sp³-hybridized carbons (Fsp3) is 0.467. The topological polar surface area (TPSA) is 84.2 Å². The zero-order chi connectivity index (χ0) is 17.8. The molecule has 0 aromatic heterocycles. The van der Waals surface area contributed by atoms with Gasteiger partial charge in [-0.1, -0.05) is 20.8 Å². The van der Waals surface area contributed by atoms with Gasteiger partial charge in [0.05, 0.1) is 12.1 Å². The maximum absolute atomic E-state index is 12.8. The van der Waals surface area contributed by atoms with Gasteiger partial charge in [0.1, 0.15) is 0 Å². The van der Waals surface area contributed by atoms with Gasteiger partial charge >= 0.3 is 6.18 Å². The number of hydrogen-bond acceptors (Lipinski definition) is 3. The van der Waals surface area contributed by atoms with E-state index in [1.165, 1.54) is 6.07 Å². The van der Waals surface area contributed by atoms with E-state index in [4.69, 9.17) is 5.73 Å². The molecule has 0 saturated heterocycles. The van der Waals surface area contributed by atoms with Crippen LogP contribution in [0.1, 0.15) is 31.9 Å². The summed E-state index contributed by atoms with van der Waals surface area (Å²) >= 11 is 0. The van der Waals surface area contributed by atoms with Crippen LogP contribution in [0.2, 0.25) is 0 Å². The lowest BCUT2D eigenvalue weighted by Gasteiger charge is -2.17. The molecule has 128 valence electrons. The van der Waals surface area contributed by atoms with E-state index < -0.39 is 23.1 Å². The molecule has 0 aliphatic rings. The summed E-state index contributed by atoms with van der Waals surface area (Å²) in [4.78, 5) is 23.4. The number of hydrogen-bond donors (Lipinski definition) is 3. The summed E-state index contributed by atoms with van der Waals surface area (Å²) in [6, 6.07) is 3.11. The van der Waals surface area contributed by atoms with Gasteiger partial charge in [0.15, 0.2) is 0 Å². The standard InChI is InChI=1S/C15H20F3N3O2/c1-14(2,3)13(23)20-8-12(22)21-11-5-9(7-19)4-10(6-11)15(16,17)18/h4-6H,7-8,19H2,1-3H3,(H,20,23)(H,21,22). The summed E-state index contributed by atoms with van der Waals surface area (Å²) in [5.41, 5.74) is 4.04. The van der Waals surface area contributed by atoms with Crippen molar-refractivity contribution in [2.75, 3.05) is 11.9 Å². The number of anilines is 1. The van der Waals surface area contributed by atoms with E-state index in [9.17, 15) is 22.8 Å². The summed E-state index contributed by atoms with van der Waals surface area (Å²) in [6.45, 7) is 4.62. The Hall–Kier alpha value is -2.09. The first-order valence-electron chi connectivity index (χ1n) is 6.93. The highest BCUT2D eigenvalue weighted by molar-refractivity contribution is 5.95. The third-order valence-electron chi connectivity index (χ3n) is 2.93.